The number of anilines is 1. The number of benzene rings is 1. The van der Waals surface area contributed by atoms with E-state index in [1.165, 1.54) is 24.1 Å². The summed E-state index contributed by atoms with van der Waals surface area (Å²) in [6.07, 6.45) is 4.39. The van der Waals surface area contributed by atoms with Gasteiger partial charge in [-0.3, -0.25) is 5.32 Å². The Bertz CT molecular complexity index is 501. The van der Waals surface area contributed by atoms with E-state index in [1.807, 2.05) is 6.92 Å². The van der Waals surface area contributed by atoms with Gasteiger partial charge in [-0.1, -0.05) is 12.1 Å². The first-order valence-corrected chi connectivity index (χ1v) is 8.07. The van der Waals surface area contributed by atoms with Crippen LogP contribution in [-0.2, 0) is 0 Å². The van der Waals surface area contributed by atoms with Gasteiger partial charge in [-0.2, -0.15) is 5.26 Å². The average Bonchev–Trinajstić information content (AvgIpc) is 3.27. The van der Waals surface area contributed by atoms with E-state index in [-0.39, 0.29) is 5.54 Å². The van der Waals surface area contributed by atoms with Gasteiger partial charge in [-0.25, -0.2) is 0 Å². The zero-order valence-corrected chi connectivity index (χ0v) is 13.5. The van der Waals surface area contributed by atoms with Crippen LogP contribution in [0.5, 0.6) is 0 Å². The maximum atomic E-state index is 9.41. The highest BCUT2D eigenvalue weighted by atomic mass is 15.1. The van der Waals surface area contributed by atoms with Crippen molar-refractivity contribution in [1.82, 2.24) is 5.32 Å². The molecule has 1 aromatic carbocycles. The highest BCUT2D eigenvalue weighted by molar-refractivity contribution is 5.48. The lowest BCUT2D eigenvalue weighted by molar-refractivity contribution is 0.404. The molecule has 1 aliphatic rings. The van der Waals surface area contributed by atoms with Crippen LogP contribution >= 0.6 is 0 Å². The van der Waals surface area contributed by atoms with E-state index in [1.54, 1.807) is 0 Å². The van der Waals surface area contributed by atoms with Crippen LogP contribution < -0.4 is 10.2 Å². The number of rotatable bonds is 8. The van der Waals surface area contributed by atoms with E-state index < -0.39 is 0 Å². The summed E-state index contributed by atoms with van der Waals surface area (Å²) in [6.45, 7) is 8.36. The molecule has 114 valence electrons. The number of nitrogens with zero attached hydrogens (tertiary/aromatic N) is 2. The standard InChI is InChI=1S/C18H27N3/c1-4-21(17-8-5-7-15(2)13-17)12-6-11-18(3,14-19)20-16-9-10-16/h5,7-8,13,16,20H,4,6,9-12H2,1-3H3. The van der Waals surface area contributed by atoms with E-state index in [4.69, 9.17) is 0 Å². The van der Waals surface area contributed by atoms with Crippen molar-refractivity contribution in [3.05, 3.63) is 29.8 Å². The first-order chi connectivity index (χ1) is 10.1. The summed E-state index contributed by atoms with van der Waals surface area (Å²) in [5.41, 5.74) is 2.21. The van der Waals surface area contributed by atoms with E-state index in [9.17, 15) is 5.26 Å². The maximum Gasteiger partial charge on any atom is 0.104 e. The third-order valence-electron chi connectivity index (χ3n) is 4.20. The Hall–Kier alpha value is -1.53. The molecule has 1 N–H and O–H groups in total. The Kier molecular flexibility index (Phi) is 5.25. The van der Waals surface area contributed by atoms with Gasteiger partial charge < -0.3 is 4.90 Å². The summed E-state index contributed by atoms with van der Waals surface area (Å²) in [5.74, 6) is 0. The van der Waals surface area contributed by atoms with E-state index in [0.717, 1.165) is 25.9 Å². The topological polar surface area (TPSA) is 39.1 Å². The lowest BCUT2D eigenvalue weighted by atomic mass is 9.97. The molecule has 3 heteroatoms. The monoisotopic (exact) mass is 285 g/mol. The maximum absolute atomic E-state index is 9.41. The number of nitriles is 1. The van der Waals surface area contributed by atoms with Gasteiger partial charge in [0.05, 0.1) is 6.07 Å². The molecule has 1 aliphatic carbocycles. The molecule has 1 fully saturated rings. The van der Waals surface area contributed by atoms with Crippen LogP contribution in [0.3, 0.4) is 0 Å². The Morgan fingerprint density at radius 3 is 2.76 bits per heavy atom. The molecule has 21 heavy (non-hydrogen) atoms. The van der Waals surface area contributed by atoms with Crippen LogP contribution in [0.4, 0.5) is 5.69 Å². The summed E-state index contributed by atoms with van der Waals surface area (Å²) in [4.78, 5) is 2.39. The molecule has 0 bridgehead atoms. The number of nitrogens with one attached hydrogen (secondary N) is 1. The molecule has 0 heterocycles. The predicted octanol–water partition coefficient (Wildman–Crippen LogP) is 3.64. The molecule has 1 aromatic rings. The summed E-state index contributed by atoms with van der Waals surface area (Å²) in [6, 6.07) is 11.7. The minimum Gasteiger partial charge on any atom is -0.372 e. The van der Waals surface area contributed by atoms with Crippen molar-refractivity contribution in [2.24, 2.45) is 0 Å². The second-order valence-electron chi connectivity index (χ2n) is 6.38. The third kappa shape index (κ3) is 4.75. The Morgan fingerprint density at radius 1 is 1.43 bits per heavy atom. The normalized spacial score (nSPS) is 17.0. The first kappa shape index (κ1) is 15.9. The van der Waals surface area contributed by atoms with Crippen molar-refractivity contribution in [2.75, 3.05) is 18.0 Å². The molecular formula is C18H27N3. The van der Waals surface area contributed by atoms with Crippen molar-refractivity contribution < 1.29 is 0 Å². The van der Waals surface area contributed by atoms with Gasteiger partial charge in [0.15, 0.2) is 0 Å². The largest absolute Gasteiger partial charge is 0.372 e. The number of hydrogen-bond acceptors (Lipinski definition) is 3. The number of hydrogen-bond donors (Lipinski definition) is 1. The molecule has 0 aliphatic heterocycles. The van der Waals surface area contributed by atoms with Crippen LogP contribution in [0, 0.1) is 18.3 Å². The van der Waals surface area contributed by atoms with Gasteiger partial charge in [-0.05, 0) is 64.2 Å². The van der Waals surface area contributed by atoms with Gasteiger partial charge in [0.25, 0.3) is 0 Å². The molecular weight excluding hydrogens is 258 g/mol. The van der Waals surface area contributed by atoms with Gasteiger partial charge in [0, 0.05) is 24.8 Å². The summed E-state index contributed by atoms with van der Waals surface area (Å²) in [5, 5.41) is 12.9. The molecule has 0 radical (unpaired) electrons. The van der Waals surface area contributed by atoms with Crippen LogP contribution in [0.2, 0.25) is 0 Å². The Morgan fingerprint density at radius 2 is 2.19 bits per heavy atom. The molecule has 2 rings (SSSR count). The van der Waals surface area contributed by atoms with Crippen molar-refractivity contribution in [1.29, 1.82) is 5.26 Å². The van der Waals surface area contributed by atoms with E-state index in [0.29, 0.717) is 6.04 Å². The predicted molar refractivity (Wildman–Crippen MR) is 88.5 cm³/mol. The van der Waals surface area contributed by atoms with Crippen LogP contribution in [0.1, 0.15) is 45.1 Å². The van der Waals surface area contributed by atoms with Gasteiger partial charge in [0.1, 0.15) is 5.54 Å². The molecule has 0 aromatic heterocycles. The van der Waals surface area contributed by atoms with Crippen molar-refractivity contribution in [3.8, 4) is 6.07 Å². The zero-order chi connectivity index (χ0) is 15.3. The molecule has 0 amide bonds. The summed E-state index contributed by atoms with van der Waals surface area (Å²) >= 11 is 0. The highest BCUT2D eigenvalue weighted by Gasteiger charge is 2.32. The van der Waals surface area contributed by atoms with Crippen molar-refractivity contribution in [3.63, 3.8) is 0 Å². The van der Waals surface area contributed by atoms with E-state index in [2.05, 4.69) is 54.4 Å². The highest BCUT2D eigenvalue weighted by Crippen LogP contribution is 2.25. The fraction of sp³-hybridized carbons (Fsp3) is 0.611. The Labute approximate surface area is 129 Å². The van der Waals surface area contributed by atoms with Crippen LogP contribution in [0.25, 0.3) is 0 Å². The fourth-order valence-electron chi connectivity index (χ4n) is 2.76. The molecule has 1 saturated carbocycles. The Balaban J connectivity index is 1.86. The SMILES string of the molecule is CCN(CCCC(C)(C#N)NC1CC1)c1cccc(C)c1. The number of aryl methyl sites for hydroxylation is 1. The molecule has 0 spiro atoms. The van der Waals surface area contributed by atoms with Gasteiger partial charge in [0.2, 0.25) is 0 Å². The van der Waals surface area contributed by atoms with Crippen molar-refractivity contribution >= 4 is 5.69 Å². The average molecular weight is 285 g/mol. The molecule has 3 nitrogen and oxygen atoms in total. The van der Waals surface area contributed by atoms with E-state index >= 15 is 0 Å². The van der Waals surface area contributed by atoms with Crippen molar-refractivity contribution in [2.45, 2.75) is 58.0 Å². The smallest absolute Gasteiger partial charge is 0.104 e. The summed E-state index contributed by atoms with van der Waals surface area (Å²) in [7, 11) is 0. The minimum absolute atomic E-state index is 0.368. The zero-order valence-electron chi connectivity index (χ0n) is 13.5. The summed E-state index contributed by atoms with van der Waals surface area (Å²) < 4.78 is 0. The lowest BCUT2D eigenvalue weighted by Gasteiger charge is -2.27. The quantitative estimate of drug-likeness (QED) is 0.792. The van der Waals surface area contributed by atoms with Crippen LogP contribution in [0.15, 0.2) is 24.3 Å². The van der Waals surface area contributed by atoms with Gasteiger partial charge >= 0.3 is 0 Å². The second-order valence-corrected chi connectivity index (χ2v) is 6.38. The van der Waals surface area contributed by atoms with Gasteiger partial charge in [-0.15, -0.1) is 0 Å². The minimum atomic E-state index is -0.368. The molecule has 0 saturated heterocycles. The third-order valence-corrected chi connectivity index (χ3v) is 4.20. The molecule has 1 atom stereocenters. The fourth-order valence-corrected chi connectivity index (χ4v) is 2.76. The lowest BCUT2D eigenvalue weighted by Crippen LogP contribution is -2.43. The second kappa shape index (κ2) is 6.95. The van der Waals surface area contributed by atoms with Crippen LogP contribution in [-0.4, -0.2) is 24.7 Å². The molecule has 1 unspecified atom stereocenters. The first-order valence-electron chi connectivity index (χ1n) is 8.07.